The third kappa shape index (κ3) is 1.93. The average Bonchev–Trinajstić information content (AvgIpc) is 3.09. The Morgan fingerprint density at radius 1 is 0.957 bits per heavy atom. The van der Waals surface area contributed by atoms with Gasteiger partial charge in [0.25, 0.3) is 0 Å². The second-order valence-corrected chi connectivity index (χ2v) is 6.51. The first-order valence-electron chi connectivity index (χ1n) is 6.87. The summed E-state index contributed by atoms with van der Waals surface area (Å²) in [5.74, 6) is -0.264. The third-order valence-corrected chi connectivity index (χ3v) is 5.49. The second-order valence-electron chi connectivity index (χ2n) is 5.18. The standard InChI is InChI=1S/C16H11F2N3OS/c17-13-5-1-11(2-6-13)16(12-3-7-14(18)8-4-12)15-19-9-10-21(15)20-23(16)22/h1-10,20H. The maximum atomic E-state index is 13.3. The SMILES string of the molecule is O=S1Nn2ccnc2C1(c1ccc(F)cc1)c1ccc(F)cc1. The minimum absolute atomic E-state index is 0.386. The zero-order valence-electron chi connectivity index (χ0n) is 11.7. The number of hydrogen-bond acceptors (Lipinski definition) is 2. The first-order valence-corrected chi connectivity index (χ1v) is 8.02. The molecule has 1 atom stereocenters. The Morgan fingerprint density at radius 3 is 2.00 bits per heavy atom. The van der Waals surface area contributed by atoms with E-state index < -0.39 is 15.7 Å². The largest absolute Gasteiger partial charge is 0.240 e. The van der Waals surface area contributed by atoms with Crippen LogP contribution in [0.5, 0.6) is 0 Å². The van der Waals surface area contributed by atoms with Gasteiger partial charge in [0.05, 0.1) is 0 Å². The fourth-order valence-corrected chi connectivity index (χ4v) is 4.37. The number of halogens is 2. The number of fused-ring (bicyclic) bond motifs is 1. The molecular formula is C16H11F2N3OS. The van der Waals surface area contributed by atoms with Gasteiger partial charge in [0, 0.05) is 12.4 Å². The summed E-state index contributed by atoms with van der Waals surface area (Å²) in [6.45, 7) is 0. The van der Waals surface area contributed by atoms with Crippen LogP contribution < -0.4 is 4.83 Å². The third-order valence-electron chi connectivity index (χ3n) is 3.92. The van der Waals surface area contributed by atoms with Crippen molar-refractivity contribution in [3.8, 4) is 0 Å². The van der Waals surface area contributed by atoms with Crippen LogP contribution in [0.1, 0.15) is 17.0 Å². The van der Waals surface area contributed by atoms with E-state index in [1.165, 1.54) is 24.3 Å². The monoisotopic (exact) mass is 331 g/mol. The van der Waals surface area contributed by atoms with Gasteiger partial charge in [0.1, 0.15) is 11.6 Å². The van der Waals surface area contributed by atoms with E-state index in [1.807, 2.05) is 0 Å². The summed E-state index contributed by atoms with van der Waals surface area (Å²) in [5.41, 5.74) is 1.22. The van der Waals surface area contributed by atoms with Crippen LogP contribution in [0, 0.1) is 11.6 Å². The van der Waals surface area contributed by atoms with Crippen LogP contribution in [0.2, 0.25) is 0 Å². The molecule has 2 heterocycles. The van der Waals surface area contributed by atoms with Crippen molar-refractivity contribution in [2.45, 2.75) is 4.75 Å². The predicted octanol–water partition coefficient (Wildman–Crippen LogP) is 2.67. The van der Waals surface area contributed by atoms with E-state index in [4.69, 9.17) is 0 Å². The molecule has 23 heavy (non-hydrogen) atoms. The Hall–Kier alpha value is -2.54. The smallest absolute Gasteiger partial charge is 0.176 e. The van der Waals surface area contributed by atoms with Gasteiger partial charge in [0.2, 0.25) is 0 Å². The summed E-state index contributed by atoms with van der Waals surface area (Å²) in [7, 11) is -1.59. The molecule has 1 aliphatic heterocycles. The zero-order valence-corrected chi connectivity index (χ0v) is 12.6. The van der Waals surface area contributed by atoms with Crippen LogP contribution in [-0.2, 0) is 15.7 Å². The van der Waals surface area contributed by atoms with Crippen LogP contribution >= 0.6 is 0 Å². The predicted molar refractivity (Wildman–Crippen MR) is 82.4 cm³/mol. The molecule has 1 aliphatic rings. The number of aromatic nitrogens is 2. The summed E-state index contributed by atoms with van der Waals surface area (Å²) in [6, 6.07) is 11.5. The van der Waals surface area contributed by atoms with Crippen molar-refractivity contribution in [1.29, 1.82) is 0 Å². The van der Waals surface area contributed by atoms with Gasteiger partial charge in [-0.3, -0.25) is 0 Å². The first-order chi connectivity index (χ1) is 11.1. The highest BCUT2D eigenvalue weighted by atomic mass is 32.2. The van der Waals surface area contributed by atoms with E-state index in [0.717, 1.165) is 0 Å². The molecular weight excluding hydrogens is 320 g/mol. The van der Waals surface area contributed by atoms with Crippen molar-refractivity contribution in [2.24, 2.45) is 0 Å². The molecule has 1 unspecified atom stereocenters. The number of rotatable bonds is 2. The Morgan fingerprint density at radius 2 is 1.48 bits per heavy atom. The van der Waals surface area contributed by atoms with Crippen molar-refractivity contribution in [3.05, 3.63) is 89.5 Å². The first kappa shape index (κ1) is 14.1. The van der Waals surface area contributed by atoms with Gasteiger partial charge >= 0.3 is 0 Å². The number of imidazole rings is 1. The fraction of sp³-hybridized carbons (Fsp3) is 0.0625. The molecule has 0 aliphatic carbocycles. The summed E-state index contributed by atoms with van der Waals surface area (Å²) in [6.07, 6.45) is 3.24. The molecule has 0 amide bonds. The molecule has 0 saturated carbocycles. The second kappa shape index (κ2) is 4.99. The van der Waals surface area contributed by atoms with Gasteiger partial charge in [-0.1, -0.05) is 24.3 Å². The molecule has 1 aromatic heterocycles. The highest BCUT2D eigenvalue weighted by Crippen LogP contribution is 2.44. The minimum atomic E-state index is -1.59. The molecule has 2 aromatic carbocycles. The van der Waals surface area contributed by atoms with Crippen molar-refractivity contribution in [2.75, 3.05) is 4.83 Å². The Labute approximate surface area is 133 Å². The van der Waals surface area contributed by atoms with Crippen molar-refractivity contribution >= 4 is 11.0 Å². The van der Waals surface area contributed by atoms with Crippen LogP contribution in [0.3, 0.4) is 0 Å². The summed E-state index contributed by atoms with van der Waals surface area (Å²) in [5, 5.41) is 0. The molecule has 0 spiro atoms. The maximum absolute atomic E-state index is 13.3. The molecule has 0 radical (unpaired) electrons. The lowest BCUT2D eigenvalue weighted by molar-refractivity contribution is 0.622. The highest BCUT2D eigenvalue weighted by Gasteiger charge is 2.51. The van der Waals surface area contributed by atoms with E-state index in [2.05, 4.69) is 9.82 Å². The normalized spacial score (nSPS) is 18.4. The van der Waals surface area contributed by atoms with Crippen molar-refractivity contribution in [1.82, 2.24) is 9.66 Å². The van der Waals surface area contributed by atoms with E-state index in [-0.39, 0.29) is 11.6 Å². The molecule has 4 nitrogen and oxygen atoms in total. The Kier molecular flexibility index (Phi) is 3.05. The van der Waals surface area contributed by atoms with E-state index in [0.29, 0.717) is 17.0 Å². The van der Waals surface area contributed by atoms with Gasteiger partial charge < -0.3 is 0 Å². The molecule has 4 rings (SSSR count). The van der Waals surface area contributed by atoms with E-state index >= 15 is 0 Å². The summed E-state index contributed by atoms with van der Waals surface area (Å²) < 4.78 is 40.0. The topological polar surface area (TPSA) is 46.9 Å². The molecule has 7 heteroatoms. The molecule has 1 N–H and O–H groups in total. The van der Waals surface area contributed by atoms with E-state index in [9.17, 15) is 13.0 Å². The quantitative estimate of drug-likeness (QED) is 0.785. The van der Waals surface area contributed by atoms with Crippen LogP contribution in [0.15, 0.2) is 60.9 Å². The van der Waals surface area contributed by atoms with Crippen LogP contribution in [-0.4, -0.2) is 13.9 Å². The van der Waals surface area contributed by atoms with Gasteiger partial charge in [-0.2, -0.15) is 0 Å². The lowest BCUT2D eigenvalue weighted by Gasteiger charge is -2.26. The molecule has 3 aromatic rings. The van der Waals surface area contributed by atoms with Gasteiger partial charge in [0.15, 0.2) is 21.6 Å². The number of nitrogens with zero attached hydrogens (tertiary/aromatic N) is 2. The van der Waals surface area contributed by atoms with Crippen LogP contribution in [0.4, 0.5) is 8.78 Å². The minimum Gasteiger partial charge on any atom is -0.240 e. The maximum Gasteiger partial charge on any atom is 0.176 e. The molecule has 116 valence electrons. The summed E-state index contributed by atoms with van der Waals surface area (Å²) in [4.78, 5) is 7.15. The van der Waals surface area contributed by atoms with Gasteiger partial charge in [-0.05, 0) is 35.4 Å². The number of benzene rings is 2. The zero-order chi connectivity index (χ0) is 16.0. The average molecular weight is 331 g/mol. The van der Waals surface area contributed by atoms with Gasteiger partial charge in [-0.25, -0.2) is 27.5 Å². The lowest BCUT2D eigenvalue weighted by atomic mass is 9.89. The van der Waals surface area contributed by atoms with Crippen LogP contribution in [0.25, 0.3) is 0 Å². The van der Waals surface area contributed by atoms with Crippen molar-refractivity contribution in [3.63, 3.8) is 0 Å². The molecule has 0 fully saturated rings. The number of hydrogen-bond donors (Lipinski definition) is 1. The lowest BCUT2D eigenvalue weighted by Crippen LogP contribution is -2.33. The van der Waals surface area contributed by atoms with E-state index in [1.54, 1.807) is 41.3 Å². The van der Waals surface area contributed by atoms with Crippen molar-refractivity contribution < 1.29 is 13.0 Å². The Bertz CT molecular complexity index is 845. The number of nitrogens with one attached hydrogen (secondary N) is 1. The van der Waals surface area contributed by atoms with Gasteiger partial charge in [-0.15, -0.1) is 0 Å². The highest BCUT2D eigenvalue weighted by molar-refractivity contribution is 7.87. The Balaban J connectivity index is 2.04. The fourth-order valence-electron chi connectivity index (χ4n) is 2.89. The molecule has 0 saturated heterocycles. The summed E-state index contributed by atoms with van der Waals surface area (Å²) >= 11 is 0. The molecule has 0 bridgehead atoms.